The van der Waals surface area contributed by atoms with E-state index in [4.69, 9.17) is 4.74 Å². The summed E-state index contributed by atoms with van der Waals surface area (Å²) < 4.78 is 18.9. The lowest BCUT2D eigenvalue weighted by Crippen LogP contribution is -2.27. The second kappa shape index (κ2) is 8.10. The van der Waals surface area contributed by atoms with E-state index in [0.717, 1.165) is 5.69 Å². The van der Waals surface area contributed by atoms with Gasteiger partial charge in [-0.25, -0.2) is 4.39 Å². The maximum absolute atomic E-state index is 13.4. The standard InChI is InChI=1S/C22H18FN3O3/c23-15-9-7-14(8-10-15)17(12-16-4-1-2-11-24-16)22(28)26-19-6-3-5-18-21(19)29-13-20(27)25-18/h1-11,17H,12-13H2,(H,25,27)(H,26,28). The number of hydrogen-bond donors (Lipinski definition) is 2. The maximum Gasteiger partial charge on any atom is 0.262 e. The Balaban J connectivity index is 1.63. The van der Waals surface area contributed by atoms with Crippen LogP contribution >= 0.6 is 0 Å². The number of aromatic nitrogens is 1. The number of hydrogen-bond acceptors (Lipinski definition) is 4. The van der Waals surface area contributed by atoms with Gasteiger partial charge in [-0.3, -0.25) is 14.6 Å². The molecule has 1 unspecified atom stereocenters. The van der Waals surface area contributed by atoms with Crippen LogP contribution in [0.25, 0.3) is 0 Å². The molecule has 29 heavy (non-hydrogen) atoms. The van der Waals surface area contributed by atoms with E-state index in [1.807, 2.05) is 12.1 Å². The molecule has 1 aliphatic heterocycles. The zero-order chi connectivity index (χ0) is 20.2. The number of para-hydroxylation sites is 1. The molecule has 0 saturated heterocycles. The summed E-state index contributed by atoms with van der Waals surface area (Å²) in [5, 5.41) is 5.60. The van der Waals surface area contributed by atoms with Gasteiger partial charge < -0.3 is 15.4 Å². The predicted molar refractivity (Wildman–Crippen MR) is 106 cm³/mol. The average Bonchev–Trinajstić information content (AvgIpc) is 2.73. The van der Waals surface area contributed by atoms with Crippen molar-refractivity contribution in [3.63, 3.8) is 0 Å². The molecule has 1 aromatic heterocycles. The van der Waals surface area contributed by atoms with Crippen molar-refractivity contribution in [2.24, 2.45) is 0 Å². The molecule has 146 valence electrons. The van der Waals surface area contributed by atoms with Crippen LogP contribution in [0.4, 0.5) is 15.8 Å². The summed E-state index contributed by atoms with van der Waals surface area (Å²) in [6, 6.07) is 16.5. The van der Waals surface area contributed by atoms with Crippen molar-refractivity contribution in [2.75, 3.05) is 17.2 Å². The molecule has 1 aliphatic rings. The van der Waals surface area contributed by atoms with Gasteiger partial charge in [0.05, 0.1) is 17.3 Å². The van der Waals surface area contributed by atoms with Crippen LogP contribution in [0.2, 0.25) is 0 Å². The minimum atomic E-state index is -0.584. The van der Waals surface area contributed by atoms with Gasteiger partial charge in [-0.15, -0.1) is 0 Å². The van der Waals surface area contributed by atoms with Crippen LogP contribution in [-0.2, 0) is 16.0 Å². The quantitative estimate of drug-likeness (QED) is 0.697. The van der Waals surface area contributed by atoms with E-state index < -0.39 is 5.92 Å². The fraction of sp³-hybridized carbons (Fsp3) is 0.136. The highest BCUT2D eigenvalue weighted by Crippen LogP contribution is 2.36. The molecule has 3 aromatic rings. The van der Waals surface area contributed by atoms with Crippen molar-refractivity contribution in [1.82, 2.24) is 4.98 Å². The number of halogens is 1. The number of nitrogens with one attached hydrogen (secondary N) is 2. The lowest BCUT2D eigenvalue weighted by molar-refractivity contribution is -0.118. The summed E-state index contributed by atoms with van der Waals surface area (Å²) in [5.41, 5.74) is 2.38. The Morgan fingerprint density at radius 3 is 2.72 bits per heavy atom. The Morgan fingerprint density at radius 2 is 1.97 bits per heavy atom. The zero-order valence-electron chi connectivity index (χ0n) is 15.4. The molecular weight excluding hydrogens is 373 g/mol. The van der Waals surface area contributed by atoms with Gasteiger partial charge in [0.25, 0.3) is 5.91 Å². The molecule has 2 aromatic carbocycles. The fourth-order valence-corrected chi connectivity index (χ4v) is 3.22. The first-order valence-electron chi connectivity index (χ1n) is 9.12. The topological polar surface area (TPSA) is 80.3 Å². The van der Waals surface area contributed by atoms with Crippen LogP contribution in [-0.4, -0.2) is 23.4 Å². The maximum atomic E-state index is 13.4. The molecule has 2 heterocycles. The monoisotopic (exact) mass is 391 g/mol. The van der Waals surface area contributed by atoms with Crippen LogP contribution in [0.5, 0.6) is 5.75 Å². The molecule has 1 atom stereocenters. The van der Waals surface area contributed by atoms with Crippen LogP contribution in [0.1, 0.15) is 17.2 Å². The predicted octanol–water partition coefficient (Wildman–Crippen LogP) is 3.52. The molecular formula is C22H18FN3O3. The molecule has 0 radical (unpaired) electrons. The molecule has 2 N–H and O–H groups in total. The zero-order valence-corrected chi connectivity index (χ0v) is 15.4. The number of anilines is 2. The third-order valence-electron chi connectivity index (χ3n) is 4.62. The number of fused-ring (bicyclic) bond motifs is 1. The van der Waals surface area contributed by atoms with Crippen molar-refractivity contribution in [2.45, 2.75) is 12.3 Å². The number of benzene rings is 2. The van der Waals surface area contributed by atoms with Crippen molar-refractivity contribution < 1.29 is 18.7 Å². The second-order valence-corrected chi connectivity index (χ2v) is 6.64. The summed E-state index contributed by atoms with van der Waals surface area (Å²) in [7, 11) is 0. The van der Waals surface area contributed by atoms with Gasteiger partial charge in [0.15, 0.2) is 12.4 Å². The fourth-order valence-electron chi connectivity index (χ4n) is 3.22. The van der Waals surface area contributed by atoms with Gasteiger partial charge in [0, 0.05) is 18.3 Å². The molecule has 0 spiro atoms. The molecule has 0 fully saturated rings. The number of carbonyl (C=O) groups excluding carboxylic acids is 2. The third kappa shape index (κ3) is 4.24. The minimum absolute atomic E-state index is 0.116. The Morgan fingerprint density at radius 1 is 1.14 bits per heavy atom. The smallest absolute Gasteiger partial charge is 0.262 e. The number of amides is 2. The lowest BCUT2D eigenvalue weighted by atomic mass is 9.93. The summed E-state index contributed by atoms with van der Waals surface area (Å²) in [6.45, 7) is -0.116. The summed E-state index contributed by atoms with van der Waals surface area (Å²) in [4.78, 5) is 29.0. The van der Waals surface area contributed by atoms with Crippen LogP contribution < -0.4 is 15.4 Å². The minimum Gasteiger partial charge on any atom is -0.479 e. The highest BCUT2D eigenvalue weighted by molar-refractivity contribution is 6.01. The van der Waals surface area contributed by atoms with Crippen molar-refractivity contribution in [1.29, 1.82) is 0 Å². The molecule has 2 amide bonds. The normalized spacial score (nSPS) is 13.6. The van der Waals surface area contributed by atoms with E-state index in [-0.39, 0.29) is 24.2 Å². The van der Waals surface area contributed by atoms with E-state index in [1.54, 1.807) is 42.6 Å². The van der Waals surface area contributed by atoms with Crippen LogP contribution in [0.15, 0.2) is 66.9 Å². The first kappa shape index (κ1) is 18.6. The van der Waals surface area contributed by atoms with Crippen molar-refractivity contribution in [3.8, 4) is 5.75 Å². The van der Waals surface area contributed by atoms with Crippen molar-refractivity contribution >= 4 is 23.2 Å². The highest BCUT2D eigenvalue weighted by atomic mass is 19.1. The number of rotatable bonds is 5. The van der Waals surface area contributed by atoms with E-state index >= 15 is 0 Å². The Kier molecular flexibility index (Phi) is 5.20. The van der Waals surface area contributed by atoms with Gasteiger partial charge in [0.1, 0.15) is 5.82 Å². The largest absolute Gasteiger partial charge is 0.479 e. The van der Waals surface area contributed by atoms with E-state index in [9.17, 15) is 14.0 Å². The lowest BCUT2D eigenvalue weighted by Gasteiger charge is -2.22. The molecule has 0 bridgehead atoms. The molecule has 4 rings (SSSR count). The van der Waals surface area contributed by atoms with E-state index in [2.05, 4.69) is 15.6 Å². The number of carbonyl (C=O) groups is 2. The Labute approximate surface area is 166 Å². The first-order chi connectivity index (χ1) is 14.1. The average molecular weight is 391 g/mol. The van der Waals surface area contributed by atoms with E-state index in [1.165, 1.54) is 12.1 Å². The van der Waals surface area contributed by atoms with E-state index in [0.29, 0.717) is 29.1 Å². The number of pyridine rings is 1. The molecule has 0 saturated carbocycles. The molecule has 6 nitrogen and oxygen atoms in total. The first-order valence-corrected chi connectivity index (χ1v) is 9.12. The number of nitrogens with zero attached hydrogens (tertiary/aromatic N) is 1. The Bertz CT molecular complexity index is 1040. The summed E-state index contributed by atoms with van der Waals surface area (Å²) in [6.07, 6.45) is 2.02. The molecule has 0 aliphatic carbocycles. The second-order valence-electron chi connectivity index (χ2n) is 6.64. The summed E-state index contributed by atoms with van der Waals surface area (Å²) >= 11 is 0. The molecule has 7 heteroatoms. The van der Waals surface area contributed by atoms with Gasteiger partial charge in [-0.05, 0) is 42.0 Å². The van der Waals surface area contributed by atoms with Crippen LogP contribution in [0, 0.1) is 5.82 Å². The van der Waals surface area contributed by atoms with Crippen LogP contribution in [0.3, 0.4) is 0 Å². The number of ether oxygens (including phenoxy) is 1. The van der Waals surface area contributed by atoms with Gasteiger partial charge >= 0.3 is 0 Å². The van der Waals surface area contributed by atoms with Crippen molar-refractivity contribution in [3.05, 3.63) is 83.9 Å². The van der Waals surface area contributed by atoms with Gasteiger partial charge in [-0.2, -0.15) is 0 Å². The van der Waals surface area contributed by atoms with Gasteiger partial charge in [-0.1, -0.05) is 24.3 Å². The summed E-state index contributed by atoms with van der Waals surface area (Å²) in [5.74, 6) is -1.07. The third-order valence-corrected chi connectivity index (χ3v) is 4.62. The SMILES string of the molecule is O=C1COc2c(cccc2NC(=O)C(Cc2ccccn2)c2ccc(F)cc2)N1. The Hall–Kier alpha value is -3.74. The highest BCUT2D eigenvalue weighted by Gasteiger charge is 2.25. The van der Waals surface area contributed by atoms with Gasteiger partial charge in [0.2, 0.25) is 5.91 Å².